The molecule has 0 aromatic heterocycles. The molecule has 1 atom stereocenters. The second kappa shape index (κ2) is 9.02. The van der Waals surface area contributed by atoms with Crippen molar-refractivity contribution in [1.29, 1.82) is 0 Å². The summed E-state index contributed by atoms with van der Waals surface area (Å²) in [7, 11) is 0. The number of alkyl halides is 6. The van der Waals surface area contributed by atoms with Gasteiger partial charge in [0, 0.05) is 12.1 Å². The highest BCUT2D eigenvalue weighted by Gasteiger charge is 2.38. The lowest BCUT2D eigenvalue weighted by Gasteiger charge is -2.16. The van der Waals surface area contributed by atoms with Gasteiger partial charge in [0.25, 0.3) is 11.6 Å². The molecule has 0 fully saturated rings. The third-order valence-corrected chi connectivity index (χ3v) is 4.22. The number of rotatable bonds is 5. The minimum absolute atomic E-state index is 0.116. The average Bonchev–Trinajstić information content (AvgIpc) is 2.67. The molecule has 2 aromatic rings. The maximum Gasteiger partial charge on any atom is 0.416 e. The van der Waals surface area contributed by atoms with Crippen LogP contribution in [0.25, 0.3) is 0 Å². The summed E-state index contributed by atoms with van der Waals surface area (Å²) >= 11 is 5.81. The number of ether oxygens (including phenoxy) is 1. The summed E-state index contributed by atoms with van der Waals surface area (Å²) in [5.74, 6) is -2.72. The summed E-state index contributed by atoms with van der Waals surface area (Å²) in [6, 6.07) is 3.19. The van der Waals surface area contributed by atoms with E-state index in [9.17, 15) is 46.0 Å². The second-order valence-corrected chi connectivity index (χ2v) is 6.66. The van der Waals surface area contributed by atoms with Gasteiger partial charge in [0.1, 0.15) is 0 Å². The first-order valence-corrected chi connectivity index (χ1v) is 8.72. The van der Waals surface area contributed by atoms with Crippen LogP contribution >= 0.6 is 11.6 Å². The van der Waals surface area contributed by atoms with E-state index < -0.39 is 57.6 Å². The smallest absolute Gasteiger partial charge is 0.416 e. The molecule has 2 rings (SSSR count). The molecule has 0 saturated carbocycles. The number of nitrogens with zero attached hydrogens (tertiary/aromatic N) is 1. The highest BCUT2D eigenvalue weighted by molar-refractivity contribution is 6.33. The van der Waals surface area contributed by atoms with Crippen LogP contribution in [0.5, 0.6) is 0 Å². The van der Waals surface area contributed by atoms with E-state index in [1.807, 2.05) is 0 Å². The van der Waals surface area contributed by atoms with Crippen molar-refractivity contribution < 1.29 is 45.6 Å². The van der Waals surface area contributed by atoms with Crippen molar-refractivity contribution in [2.24, 2.45) is 0 Å². The number of anilines is 1. The summed E-state index contributed by atoms with van der Waals surface area (Å²) in [5, 5.41) is 12.8. The van der Waals surface area contributed by atoms with Crippen LogP contribution in [0, 0.1) is 10.1 Å². The van der Waals surface area contributed by atoms with Gasteiger partial charge in [-0.05, 0) is 31.2 Å². The molecule has 0 saturated heterocycles. The van der Waals surface area contributed by atoms with Crippen LogP contribution < -0.4 is 5.32 Å². The molecular formula is C18H11ClF6N2O5. The molecule has 0 aliphatic carbocycles. The fourth-order valence-electron chi connectivity index (χ4n) is 2.31. The van der Waals surface area contributed by atoms with Crippen molar-refractivity contribution in [3.8, 4) is 0 Å². The third kappa shape index (κ3) is 6.09. The summed E-state index contributed by atoms with van der Waals surface area (Å²) < 4.78 is 82.2. The summed E-state index contributed by atoms with van der Waals surface area (Å²) in [6.07, 6.45) is -12.1. The molecule has 1 amide bonds. The number of hydrogen-bond donors (Lipinski definition) is 1. The lowest BCUT2D eigenvalue weighted by molar-refractivity contribution is -0.384. The van der Waals surface area contributed by atoms with Crippen LogP contribution in [0.15, 0.2) is 36.4 Å². The van der Waals surface area contributed by atoms with Crippen LogP contribution in [-0.2, 0) is 21.9 Å². The predicted octanol–water partition coefficient (Wildman–Crippen LogP) is 5.47. The number of nitro groups is 1. The zero-order valence-corrected chi connectivity index (χ0v) is 16.4. The zero-order chi connectivity index (χ0) is 24.4. The molecule has 7 nitrogen and oxygen atoms in total. The van der Waals surface area contributed by atoms with Gasteiger partial charge in [-0.2, -0.15) is 26.3 Å². The largest absolute Gasteiger partial charge is 0.449 e. The Kier molecular flexibility index (Phi) is 7.03. The number of nitro benzene ring substituents is 1. The van der Waals surface area contributed by atoms with Gasteiger partial charge >= 0.3 is 18.3 Å². The van der Waals surface area contributed by atoms with E-state index in [1.165, 1.54) is 0 Å². The molecule has 2 aromatic carbocycles. The number of nitrogens with one attached hydrogen (secondary N) is 1. The van der Waals surface area contributed by atoms with E-state index >= 15 is 0 Å². The predicted molar refractivity (Wildman–Crippen MR) is 98.1 cm³/mol. The second-order valence-electron chi connectivity index (χ2n) is 6.25. The summed E-state index contributed by atoms with van der Waals surface area (Å²) in [4.78, 5) is 34.3. The first-order chi connectivity index (χ1) is 14.6. The van der Waals surface area contributed by atoms with E-state index in [2.05, 4.69) is 10.1 Å². The summed E-state index contributed by atoms with van der Waals surface area (Å²) in [6.45, 7) is 0.983. The Morgan fingerprint density at radius 3 is 2.03 bits per heavy atom. The lowest BCUT2D eigenvalue weighted by Crippen LogP contribution is -2.30. The van der Waals surface area contributed by atoms with Gasteiger partial charge in [0.15, 0.2) is 6.10 Å². The van der Waals surface area contributed by atoms with E-state index in [0.29, 0.717) is 0 Å². The van der Waals surface area contributed by atoms with Crippen LogP contribution in [0.4, 0.5) is 37.7 Å². The van der Waals surface area contributed by atoms with Gasteiger partial charge in [0.2, 0.25) is 0 Å². The van der Waals surface area contributed by atoms with Gasteiger partial charge < -0.3 is 10.1 Å². The van der Waals surface area contributed by atoms with Crippen molar-refractivity contribution in [2.45, 2.75) is 25.4 Å². The van der Waals surface area contributed by atoms with Crippen LogP contribution in [0.1, 0.15) is 28.4 Å². The minimum atomic E-state index is -5.18. The highest BCUT2D eigenvalue weighted by Crippen LogP contribution is 2.36. The molecule has 0 heterocycles. The molecule has 1 unspecified atom stereocenters. The Morgan fingerprint density at radius 1 is 1.03 bits per heavy atom. The van der Waals surface area contributed by atoms with E-state index in [4.69, 9.17) is 11.6 Å². The highest BCUT2D eigenvalue weighted by atomic mass is 35.5. The number of carbonyl (C=O) groups excluding carboxylic acids is 2. The number of halogens is 7. The maximum atomic E-state index is 12.9. The van der Waals surface area contributed by atoms with Gasteiger partial charge in [-0.3, -0.25) is 14.9 Å². The van der Waals surface area contributed by atoms with E-state index in [-0.39, 0.29) is 28.9 Å². The topological polar surface area (TPSA) is 98.5 Å². The number of benzene rings is 2. The molecule has 1 N–H and O–H groups in total. The lowest BCUT2D eigenvalue weighted by atomic mass is 10.0. The number of hydrogen-bond acceptors (Lipinski definition) is 5. The number of carbonyl (C=O) groups is 2. The van der Waals surface area contributed by atoms with Crippen molar-refractivity contribution in [1.82, 2.24) is 0 Å². The molecule has 0 spiro atoms. The number of non-ortho nitro benzene ring substituents is 1. The fraction of sp³-hybridized carbons (Fsp3) is 0.222. The molecule has 0 radical (unpaired) electrons. The average molecular weight is 485 g/mol. The molecule has 14 heteroatoms. The first kappa shape index (κ1) is 24.9. The van der Waals surface area contributed by atoms with Crippen molar-refractivity contribution in [3.63, 3.8) is 0 Å². The zero-order valence-electron chi connectivity index (χ0n) is 15.7. The molecule has 0 bridgehead atoms. The summed E-state index contributed by atoms with van der Waals surface area (Å²) in [5.41, 5.74) is -5.22. The molecular weight excluding hydrogens is 474 g/mol. The Balaban J connectivity index is 2.24. The standard InChI is InChI=1S/C18H11ClF6N2O5/c1-8(15(28)26-14-7-12(27(30)31)2-3-13(14)19)32-16(29)9-4-10(17(20,21)22)6-11(5-9)18(23,24)25/h2-8H,1H3,(H,26,28). The number of amides is 1. The fourth-order valence-corrected chi connectivity index (χ4v) is 2.48. The van der Waals surface area contributed by atoms with Crippen molar-refractivity contribution in [3.05, 3.63) is 68.2 Å². The Bertz CT molecular complexity index is 1040. The van der Waals surface area contributed by atoms with Crippen molar-refractivity contribution >= 4 is 34.9 Å². The Hall–Kier alpha value is -3.35. The molecule has 0 aliphatic rings. The SMILES string of the molecule is CC(OC(=O)c1cc(C(F)(F)F)cc(C(F)(F)F)c1)C(=O)Nc1cc([N+](=O)[O-])ccc1Cl. The van der Waals surface area contributed by atoms with E-state index in [1.54, 1.807) is 0 Å². The molecule has 172 valence electrons. The van der Waals surface area contributed by atoms with Crippen LogP contribution in [0.3, 0.4) is 0 Å². The Labute approximate surface area is 180 Å². The van der Waals surface area contributed by atoms with Crippen LogP contribution in [0.2, 0.25) is 5.02 Å². The van der Waals surface area contributed by atoms with Crippen molar-refractivity contribution in [2.75, 3.05) is 5.32 Å². The normalized spacial score (nSPS) is 12.8. The first-order valence-electron chi connectivity index (χ1n) is 8.35. The van der Waals surface area contributed by atoms with Gasteiger partial charge in [-0.1, -0.05) is 11.6 Å². The van der Waals surface area contributed by atoms with Gasteiger partial charge in [-0.25, -0.2) is 4.79 Å². The molecule has 0 aliphatic heterocycles. The van der Waals surface area contributed by atoms with Gasteiger partial charge in [0.05, 0.1) is 32.3 Å². The quantitative estimate of drug-likeness (QED) is 0.263. The van der Waals surface area contributed by atoms with E-state index in [0.717, 1.165) is 25.1 Å². The number of esters is 1. The Morgan fingerprint density at radius 2 is 1.56 bits per heavy atom. The maximum absolute atomic E-state index is 12.9. The van der Waals surface area contributed by atoms with Gasteiger partial charge in [-0.15, -0.1) is 0 Å². The monoisotopic (exact) mass is 484 g/mol. The third-order valence-electron chi connectivity index (χ3n) is 3.90. The molecule has 32 heavy (non-hydrogen) atoms. The van der Waals surface area contributed by atoms with Crippen LogP contribution in [-0.4, -0.2) is 22.9 Å². The minimum Gasteiger partial charge on any atom is -0.449 e.